The van der Waals surface area contributed by atoms with Gasteiger partial charge in [-0.15, -0.1) is 13.2 Å². The molecule has 208 valence electrons. The molecule has 9 heteroatoms. The fraction of sp³-hybridized carbons (Fsp3) is 0.333. The highest BCUT2D eigenvalue weighted by molar-refractivity contribution is 5.97. The average molecular weight is 543 g/mol. The number of rotatable bonds is 14. The molecule has 3 rings (SSSR count). The molecule has 0 spiro atoms. The number of hydrogen-bond donors (Lipinski definition) is 2. The van der Waals surface area contributed by atoms with Crippen LogP contribution in [0.1, 0.15) is 48.7 Å². The van der Waals surface area contributed by atoms with E-state index in [2.05, 4.69) is 15.4 Å². The Morgan fingerprint density at radius 3 is 2.00 bits per heavy atom. The molecular weight excluding hydrogens is 509 g/mol. The van der Waals surface area contributed by atoms with Crippen LogP contribution in [0, 0.1) is 5.92 Å². The Balaban J connectivity index is 1.66. The summed E-state index contributed by atoms with van der Waals surface area (Å²) in [5.74, 6) is -1.08. The first kappa shape index (κ1) is 29.7. The van der Waals surface area contributed by atoms with Crippen LogP contribution in [0.2, 0.25) is 0 Å². The molecule has 0 unspecified atom stereocenters. The molecule has 0 aliphatic carbocycles. The molecule has 0 fully saturated rings. The summed E-state index contributed by atoms with van der Waals surface area (Å²) in [6, 6.07) is 22.7. The van der Waals surface area contributed by atoms with Gasteiger partial charge in [-0.3, -0.25) is 4.79 Å². The van der Waals surface area contributed by atoms with Crippen molar-refractivity contribution < 1.29 is 32.2 Å². The maximum Gasteiger partial charge on any atom is 0.573 e. The number of ether oxygens (including phenoxy) is 2. The number of hydrogen-bond acceptors (Lipinski definition) is 6. The molecule has 0 amide bonds. The van der Waals surface area contributed by atoms with Crippen molar-refractivity contribution in [3.05, 3.63) is 96.1 Å². The molecule has 0 saturated heterocycles. The van der Waals surface area contributed by atoms with Crippen molar-refractivity contribution >= 4 is 17.4 Å². The molecule has 3 aromatic carbocycles. The van der Waals surface area contributed by atoms with Gasteiger partial charge in [0.15, 0.2) is 11.8 Å². The fourth-order valence-corrected chi connectivity index (χ4v) is 4.23. The number of Topliss-reactive ketones (excluding diaryl/α,β-unsaturated/α-hetero) is 1. The van der Waals surface area contributed by atoms with Crippen LogP contribution >= 0.6 is 0 Å². The molecule has 3 aromatic rings. The Morgan fingerprint density at radius 2 is 1.44 bits per heavy atom. The van der Waals surface area contributed by atoms with Crippen LogP contribution in [-0.4, -0.2) is 37.3 Å². The lowest BCUT2D eigenvalue weighted by Gasteiger charge is -2.28. The summed E-state index contributed by atoms with van der Waals surface area (Å²) in [7, 11) is 0. The molecule has 39 heavy (non-hydrogen) atoms. The van der Waals surface area contributed by atoms with Crippen LogP contribution in [0.25, 0.3) is 0 Å². The van der Waals surface area contributed by atoms with Crippen LogP contribution in [0.5, 0.6) is 5.75 Å². The number of benzene rings is 3. The van der Waals surface area contributed by atoms with Crippen molar-refractivity contribution in [2.45, 2.75) is 45.2 Å². The standard InChI is InChI=1S/C30H33F3N2O4/c1-3-21(4-2)27(20-34-19-26(36)22-15-17-25(18-16-22)39-30(31,32)33)38-29(37)28(23-11-7-5-8-12-23)35-24-13-9-6-10-14-24/h5-18,21,27-28,34-35H,3-4,19-20H2,1-2H3/t27-,28+/m0/s1. The maximum atomic E-state index is 13.5. The molecule has 0 aromatic heterocycles. The molecule has 2 N–H and O–H groups in total. The van der Waals surface area contributed by atoms with Gasteiger partial charge in [-0.2, -0.15) is 0 Å². The summed E-state index contributed by atoms with van der Waals surface area (Å²) in [6.07, 6.45) is -3.75. The number of carbonyl (C=O) groups excluding carboxylic acids is 2. The molecule has 0 heterocycles. The first-order valence-electron chi connectivity index (χ1n) is 12.9. The molecule has 0 saturated carbocycles. The summed E-state index contributed by atoms with van der Waals surface area (Å²) < 4.78 is 47.0. The van der Waals surface area contributed by atoms with Crippen LogP contribution in [0.3, 0.4) is 0 Å². The highest BCUT2D eigenvalue weighted by Gasteiger charge is 2.31. The largest absolute Gasteiger partial charge is 0.573 e. The number of esters is 1. The first-order chi connectivity index (χ1) is 18.7. The molecule has 6 nitrogen and oxygen atoms in total. The first-order valence-corrected chi connectivity index (χ1v) is 12.9. The topological polar surface area (TPSA) is 76.7 Å². The Morgan fingerprint density at radius 1 is 0.846 bits per heavy atom. The van der Waals surface area contributed by atoms with Crippen molar-refractivity contribution in [1.82, 2.24) is 5.32 Å². The minimum absolute atomic E-state index is 0.0588. The van der Waals surface area contributed by atoms with E-state index in [9.17, 15) is 22.8 Å². The van der Waals surface area contributed by atoms with Crippen molar-refractivity contribution in [3.8, 4) is 5.75 Å². The molecule has 0 aliphatic rings. The zero-order chi connectivity index (χ0) is 28.3. The lowest BCUT2D eigenvalue weighted by molar-refractivity contribution is -0.274. The van der Waals surface area contributed by atoms with Gasteiger partial charge in [0.1, 0.15) is 11.9 Å². The number of anilines is 1. The van der Waals surface area contributed by atoms with E-state index >= 15 is 0 Å². The monoisotopic (exact) mass is 542 g/mol. The Labute approximate surface area is 226 Å². The van der Waals surface area contributed by atoms with Crippen LogP contribution in [0.15, 0.2) is 84.9 Å². The minimum atomic E-state index is -4.80. The summed E-state index contributed by atoms with van der Waals surface area (Å²) in [4.78, 5) is 26.1. The molecule has 0 radical (unpaired) electrons. The predicted octanol–water partition coefficient (Wildman–Crippen LogP) is 6.56. The zero-order valence-electron chi connectivity index (χ0n) is 21.9. The smallest absolute Gasteiger partial charge is 0.459 e. The van der Waals surface area contributed by atoms with Gasteiger partial charge in [0.2, 0.25) is 0 Å². The number of nitrogens with one attached hydrogen (secondary N) is 2. The van der Waals surface area contributed by atoms with E-state index in [0.29, 0.717) is 0 Å². The van der Waals surface area contributed by atoms with E-state index in [1.54, 1.807) is 0 Å². The fourth-order valence-electron chi connectivity index (χ4n) is 4.23. The van der Waals surface area contributed by atoms with Gasteiger partial charge >= 0.3 is 12.3 Å². The average Bonchev–Trinajstić information content (AvgIpc) is 2.92. The molecule has 2 atom stereocenters. The quantitative estimate of drug-likeness (QED) is 0.178. The van der Waals surface area contributed by atoms with E-state index in [4.69, 9.17) is 4.74 Å². The SMILES string of the molecule is CCC(CC)[C@H](CNCC(=O)c1ccc(OC(F)(F)F)cc1)OC(=O)[C@H](Nc1ccccc1)c1ccccc1. The van der Waals surface area contributed by atoms with Gasteiger partial charge in [-0.1, -0.05) is 62.4 Å². The second kappa shape index (κ2) is 14.3. The van der Waals surface area contributed by atoms with Gasteiger partial charge in [0, 0.05) is 17.8 Å². The van der Waals surface area contributed by atoms with Crippen molar-refractivity contribution in [2.24, 2.45) is 5.92 Å². The molecule has 0 aliphatic heterocycles. The maximum absolute atomic E-state index is 13.5. The summed E-state index contributed by atoms with van der Waals surface area (Å²) in [5.41, 5.74) is 1.78. The van der Waals surface area contributed by atoms with Gasteiger partial charge in [-0.05, 0) is 60.7 Å². The molecular formula is C30H33F3N2O4. The number of ketones is 1. The van der Waals surface area contributed by atoms with Crippen LogP contribution < -0.4 is 15.4 Å². The third-order valence-electron chi connectivity index (χ3n) is 6.34. The van der Waals surface area contributed by atoms with Gasteiger partial charge in [0.25, 0.3) is 0 Å². The Bertz CT molecular complexity index is 1170. The van der Waals surface area contributed by atoms with Crippen molar-refractivity contribution in [3.63, 3.8) is 0 Å². The van der Waals surface area contributed by atoms with Crippen LogP contribution in [0.4, 0.5) is 18.9 Å². The minimum Gasteiger partial charge on any atom is -0.459 e. The van der Waals surface area contributed by atoms with E-state index in [1.165, 1.54) is 12.1 Å². The lowest BCUT2D eigenvalue weighted by atomic mass is 9.96. The van der Waals surface area contributed by atoms with Crippen LogP contribution in [-0.2, 0) is 9.53 Å². The van der Waals surface area contributed by atoms with E-state index in [0.717, 1.165) is 36.2 Å². The van der Waals surface area contributed by atoms with Gasteiger partial charge in [0.05, 0.1) is 6.54 Å². The lowest BCUT2D eigenvalue weighted by Crippen LogP contribution is -2.40. The van der Waals surface area contributed by atoms with Crippen molar-refractivity contribution in [2.75, 3.05) is 18.4 Å². The number of para-hydroxylation sites is 1. The summed E-state index contributed by atoms with van der Waals surface area (Å²) in [5, 5.41) is 6.32. The molecule has 0 bridgehead atoms. The second-order valence-corrected chi connectivity index (χ2v) is 9.03. The number of alkyl halides is 3. The normalized spacial score (nSPS) is 13.0. The Hall–Kier alpha value is -3.85. The third-order valence-corrected chi connectivity index (χ3v) is 6.34. The second-order valence-electron chi connectivity index (χ2n) is 9.03. The van der Waals surface area contributed by atoms with Gasteiger partial charge in [-0.25, -0.2) is 4.79 Å². The highest BCUT2D eigenvalue weighted by Crippen LogP contribution is 2.25. The highest BCUT2D eigenvalue weighted by atomic mass is 19.4. The van der Waals surface area contributed by atoms with E-state index in [1.807, 2.05) is 74.5 Å². The van der Waals surface area contributed by atoms with E-state index < -0.39 is 30.2 Å². The predicted molar refractivity (Wildman–Crippen MR) is 144 cm³/mol. The van der Waals surface area contributed by atoms with Gasteiger partial charge < -0.3 is 20.1 Å². The van der Waals surface area contributed by atoms with E-state index in [-0.39, 0.29) is 30.4 Å². The zero-order valence-corrected chi connectivity index (χ0v) is 21.9. The summed E-state index contributed by atoms with van der Waals surface area (Å²) >= 11 is 0. The number of carbonyl (C=O) groups is 2. The Kier molecular flexibility index (Phi) is 10.9. The third kappa shape index (κ3) is 9.44. The summed E-state index contributed by atoms with van der Waals surface area (Å²) in [6.45, 7) is 4.20. The number of halogens is 3. The van der Waals surface area contributed by atoms with Crippen molar-refractivity contribution in [1.29, 1.82) is 0 Å².